The molecule has 19 heteroatoms. The Labute approximate surface area is 237 Å². The number of hydrogen-bond donors (Lipinski definition) is 7. The molecule has 0 bridgehead atoms. The maximum absolute atomic E-state index is 12.5. The van der Waals surface area contributed by atoms with Crippen LogP contribution in [-0.2, 0) is 14.4 Å². The second kappa shape index (κ2) is 16.8. The van der Waals surface area contributed by atoms with Crippen LogP contribution in [0.3, 0.4) is 0 Å². The molecule has 2 aromatic carbocycles. The lowest BCUT2D eigenvalue weighted by Crippen LogP contribution is -2.39. The quantitative estimate of drug-likeness (QED) is 0.115. The molecule has 0 aliphatic heterocycles. The molecule has 0 fully saturated rings. The molecule has 0 unspecified atom stereocenters. The minimum Gasteiger partial charge on any atom is -0.491 e. The molecule has 9 N–H and O–H groups in total. The molecule has 1 atom stereocenters. The molecule has 2 amide bonds. The number of aliphatic carboxylic acids is 3. The number of nitrogens with two attached hydrogens (primary N) is 2. The Morgan fingerprint density at radius 1 is 0.814 bits per heavy atom. The van der Waals surface area contributed by atoms with Crippen LogP contribution in [0.2, 0.25) is 0 Å². The maximum Gasteiger partial charge on any atom is 0.490 e. The van der Waals surface area contributed by atoms with Crippen LogP contribution in [0, 0.1) is 5.41 Å². The molecule has 236 valence electrons. The van der Waals surface area contributed by atoms with Crippen LogP contribution in [0.1, 0.15) is 39.1 Å². The van der Waals surface area contributed by atoms with E-state index in [0.717, 1.165) is 0 Å². The second-order valence-corrected chi connectivity index (χ2v) is 7.90. The number of alkyl halides is 6. The van der Waals surface area contributed by atoms with Crippen LogP contribution in [-0.4, -0.2) is 75.9 Å². The van der Waals surface area contributed by atoms with Gasteiger partial charge in [0.1, 0.15) is 18.2 Å². The van der Waals surface area contributed by atoms with E-state index in [2.05, 4.69) is 5.32 Å². The Morgan fingerprint density at radius 2 is 1.28 bits per heavy atom. The van der Waals surface area contributed by atoms with Crippen LogP contribution >= 0.6 is 0 Å². The molecule has 2 rings (SSSR count). The first-order valence-corrected chi connectivity index (χ1v) is 11.2. The van der Waals surface area contributed by atoms with Gasteiger partial charge >= 0.3 is 30.3 Å². The number of primary amides is 1. The lowest BCUT2D eigenvalue weighted by atomic mass is 10.1. The second-order valence-electron chi connectivity index (χ2n) is 7.90. The van der Waals surface area contributed by atoms with Crippen LogP contribution in [0.15, 0.2) is 48.5 Å². The fourth-order valence-electron chi connectivity index (χ4n) is 2.50. The number of carboxylic acid groups (broad SMARTS) is 3. The monoisotopic (exact) mass is 626 g/mol. The summed E-state index contributed by atoms with van der Waals surface area (Å²) in [5.74, 6) is -7.20. The molecule has 0 aromatic heterocycles. The minimum absolute atomic E-state index is 0.0275. The summed E-state index contributed by atoms with van der Waals surface area (Å²) in [6.45, 7) is 0.0275. The largest absolute Gasteiger partial charge is 0.491 e. The average Bonchev–Trinajstić information content (AvgIpc) is 2.89. The molecule has 43 heavy (non-hydrogen) atoms. The molecular formula is C24H24F6N4O9. The van der Waals surface area contributed by atoms with E-state index < -0.39 is 48.1 Å². The Bertz CT molecular complexity index is 1280. The molecule has 0 heterocycles. The van der Waals surface area contributed by atoms with Gasteiger partial charge in [0.2, 0.25) is 5.91 Å². The van der Waals surface area contributed by atoms with Gasteiger partial charge in [-0.25, -0.2) is 9.59 Å². The minimum atomic E-state index is -5.08. The number of amides is 2. The fourth-order valence-corrected chi connectivity index (χ4v) is 2.50. The third-order valence-electron chi connectivity index (χ3n) is 4.55. The Kier molecular flexibility index (Phi) is 14.7. The van der Waals surface area contributed by atoms with Gasteiger partial charge in [-0.1, -0.05) is 12.1 Å². The van der Waals surface area contributed by atoms with E-state index in [-0.39, 0.29) is 30.8 Å². The molecule has 0 aliphatic rings. The Hall–Kier alpha value is -5.36. The van der Waals surface area contributed by atoms with Crippen LogP contribution in [0.25, 0.3) is 0 Å². The molecular weight excluding hydrogens is 602 g/mol. The molecule has 0 saturated carbocycles. The highest BCUT2D eigenvalue weighted by Gasteiger charge is 2.38. The summed E-state index contributed by atoms with van der Waals surface area (Å²) in [7, 11) is 0. The molecule has 0 saturated heterocycles. The van der Waals surface area contributed by atoms with Gasteiger partial charge in [-0.2, -0.15) is 26.3 Å². The first-order valence-electron chi connectivity index (χ1n) is 11.2. The number of hydrogen-bond acceptors (Lipinski definition) is 7. The number of halogens is 6. The van der Waals surface area contributed by atoms with E-state index in [4.69, 9.17) is 46.5 Å². The molecule has 0 spiro atoms. The van der Waals surface area contributed by atoms with Crippen molar-refractivity contribution in [3.8, 4) is 5.75 Å². The van der Waals surface area contributed by atoms with E-state index in [1.807, 2.05) is 0 Å². The highest BCUT2D eigenvalue weighted by Crippen LogP contribution is 2.15. The van der Waals surface area contributed by atoms with E-state index in [1.165, 1.54) is 24.3 Å². The SMILES string of the molecule is N=C(N)c1cccc(OC[C@@H](CCC(=O)O)NC(=O)c2ccc(C(N)=O)cc2)c1.O=C(O)C(F)(F)F.O=C(O)C(F)(F)F. The van der Waals surface area contributed by atoms with E-state index in [1.54, 1.807) is 24.3 Å². The summed E-state index contributed by atoms with van der Waals surface area (Å²) < 4.78 is 69.1. The smallest absolute Gasteiger partial charge is 0.490 e. The third-order valence-corrected chi connectivity index (χ3v) is 4.55. The number of carbonyl (C=O) groups excluding carboxylic acids is 2. The Morgan fingerprint density at radius 3 is 1.67 bits per heavy atom. The van der Waals surface area contributed by atoms with Crippen molar-refractivity contribution in [2.24, 2.45) is 11.5 Å². The summed E-state index contributed by atoms with van der Waals surface area (Å²) in [4.78, 5) is 52.3. The van der Waals surface area contributed by atoms with Gasteiger partial charge < -0.3 is 36.8 Å². The van der Waals surface area contributed by atoms with E-state index >= 15 is 0 Å². The normalized spacial score (nSPS) is 11.3. The Balaban J connectivity index is 0.00000104. The zero-order valence-corrected chi connectivity index (χ0v) is 21.5. The lowest BCUT2D eigenvalue weighted by molar-refractivity contribution is -0.193. The molecule has 0 aliphatic carbocycles. The van der Waals surface area contributed by atoms with Crippen molar-refractivity contribution in [2.75, 3.05) is 6.61 Å². The van der Waals surface area contributed by atoms with Gasteiger partial charge in [-0.3, -0.25) is 19.8 Å². The lowest BCUT2D eigenvalue weighted by Gasteiger charge is -2.19. The van der Waals surface area contributed by atoms with Crippen molar-refractivity contribution in [3.63, 3.8) is 0 Å². The van der Waals surface area contributed by atoms with Crippen LogP contribution in [0.5, 0.6) is 5.75 Å². The number of carbonyl (C=O) groups is 5. The zero-order valence-electron chi connectivity index (χ0n) is 21.5. The summed E-state index contributed by atoms with van der Waals surface area (Å²) in [6.07, 6.45) is -10.2. The van der Waals surface area contributed by atoms with Gasteiger partial charge in [0.05, 0.1) is 6.04 Å². The zero-order chi connectivity index (χ0) is 33.5. The predicted octanol–water partition coefficient (Wildman–Crippen LogP) is 2.38. The van der Waals surface area contributed by atoms with Gasteiger partial charge in [-0.15, -0.1) is 0 Å². The summed E-state index contributed by atoms with van der Waals surface area (Å²) in [5.41, 5.74) is 11.7. The number of ether oxygens (including phenoxy) is 1. The number of carboxylic acids is 3. The summed E-state index contributed by atoms with van der Waals surface area (Å²) in [6, 6.07) is 11.8. The van der Waals surface area contributed by atoms with E-state index in [0.29, 0.717) is 16.9 Å². The first kappa shape index (κ1) is 37.6. The summed E-state index contributed by atoms with van der Waals surface area (Å²) >= 11 is 0. The third kappa shape index (κ3) is 15.9. The highest BCUT2D eigenvalue weighted by atomic mass is 19.4. The van der Waals surface area contributed by atoms with Crippen molar-refractivity contribution in [1.29, 1.82) is 5.41 Å². The fraction of sp³-hybridized carbons (Fsp3) is 0.250. The molecule has 0 radical (unpaired) electrons. The number of nitrogens with one attached hydrogen (secondary N) is 2. The van der Waals surface area contributed by atoms with Crippen LogP contribution in [0.4, 0.5) is 26.3 Å². The van der Waals surface area contributed by atoms with Gasteiger partial charge in [0, 0.05) is 23.1 Å². The van der Waals surface area contributed by atoms with Crippen molar-refractivity contribution < 1.29 is 70.4 Å². The highest BCUT2D eigenvalue weighted by molar-refractivity contribution is 5.97. The predicted molar refractivity (Wildman–Crippen MR) is 133 cm³/mol. The maximum atomic E-state index is 12.5. The first-order chi connectivity index (χ1) is 19.6. The van der Waals surface area contributed by atoms with Crippen molar-refractivity contribution >= 4 is 35.6 Å². The van der Waals surface area contributed by atoms with Crippen molar-refractivity contribution in [1.82, 2.24) is 5.32 Å². The van der Waals surface area contributed by atoms with E-state index in [9.17, 15) is 40.7 Å². The topological polar surface area (TPSA) is 243 Å². The number of nitrogen functional groups attached to an aromatic ring is 1. The standard InChI is InChI=1S/C20H22N4O5.2C2HF3O2/c21-18(22)14-2-1-3-16(10-14)29-11-15(8-9-17(25)26)24-20(28)13-6-4-12(5-7-13)19(23)27;2*3-2(4,5)1(6)7/h1-7,10,15H,8-9,11H2,(H3,21,22)(H2,23,27)(H,24,28)(H,25,26);2*(H,6,7)/t15-;;/m1../s1. The van der Waals surface area contributed by atoms with Crippen LogP contribution < -0.4 is 21.5 Å². The van der Waals surface area contributed by atoms with Crippen molar-refractivity contribution in [2.45, 2.75) is 31.2 Å². The molecule has 2 aromatic rings. The van der Waals surface area contributed by atoms with Gasteiger partial charge in [0.25, 0.3) is 5.91 Å². The number of amidine groups is 1. The number of rotatable bonds is 10. The van der Waals surface area contributed by atoms with Gasteiger partial charge in [0.15, 0.2) is 0 Å². The number of benzene rings is 2. The van der Waals surface area contributed by atoms with Crippen molar-refractivity contribution in [3.05, 3.63) is 65.2 Å². The molecule has 13 nitrogen and oxygen atoms in total. The summed E-state index contributed by atoms with van der Waals surface area (Å²) in [5, 5.41) is 33.4. The average molecular weight is 626 g/mol. The van der Waals surface area contributed by atoms with Gasteiger partial charge in [-0.05, 0) is 42.8 Å².